The number of carbonyl (C=O) groups excluding carboxylic acids is 1. The maximum Gasteiger partial charge on any atom is 0.257 e. The van der Waals surface area contributed by atoms with E-state index in [2.05, 4.69) is 10.3 Å². The number of nitrogens with one attached hydrogen (secondary N) is 1. The van der Waals surface area contributed by atoms with Crippen molar-refractivity contribution in [3.63, 3.8) is 0 Å². The number of pyridine rings is 1. The van der Waals surface area contributed by atoms with Gasteiger partial charge in [-0.05, 0) is 29.0 Å². The first-order valence-electron chi connectivity index (χ1n) is 6.43. The second-order valence-electron chi connectivity index (χ2n) is 4.52. The number of hydrogen-bond acceptors (Lipinski definition) is 3. The number of benzene rings is 2. The van der Waals surface area contributed by atoms with Crippen molar-refractivity contribution < 1.29 is 4.79 Å². The van der Waals surface area contributed by atoms with Gasteiger partial charge >= 0.3 is 0 Å². The zero-order valence-corrected chi connectivity index (χ0v) is 11.1. The number of rotatable bonds is 2. The molecule has 2 aromatic carbocycles. The lowest BCUT2D eigenvalue weighted by molar-refractivity contribution is 0.102. The summed E-state index contributed by atoms with van der Waals surface area (Å²) in [6.45, 7) is 0. The van der Waals surface area contributed by atoms with Gasteiger partial charge in [-0.1, -0.05) is 36.4 Å². The number of amides is 1. The predicted octanol–water partition coefficient (Wildman–Crippen LogP) is 3.36. The molecular formula is C17H11N3O. The van der Waals surface area contributed by atoms with Gasteiger partial charge in [0.1, 0.15) is 11.9 Å². The summed E-state index contributed by atoms with van der Waals surface area (Å²) in [5, 5.41) is 13.4. The van der Waals surface area contributed by atoms with Gasteiger partial charge in [-0.15, -0.1) is 0 Å². The van der Waals surface area contributed by atoms with Crippen molar-refractivity contribution in [3.05, 3.63) is 71.9 Å². The topological polar surface area (TPSA) is 65.8 Å². The van der Waals surface area contributed by atoms with Gasteiger partial charge in [-0.2, -0.15) is 5.26 Å². The number of aromatic nitrogens is 1. The van der Waals surface area contributed by atoms with E-state index in [1.165, 1.54) is 6.20 Å². The predicted molar refractivity (Wildman–Crippen MR) is 80.9 cm³/mol. The van der Waals surface area contributed by atoms with E-state index in [0.717, 1.165) is 10.8 Å². The van der Waals surface area contributed by atoms with Crippen LogP contribution >= 0.6 is 0 Å². The third kappa shape index (κ3) is 2.58. The Balaban J connectivity index is 1.92. The molecule has 0 saturated carbocycles. The van der Waals surface area contributed by atoms with Crippen LogP contribution in [0, 0.1) is 11.3 Å². The van der Waals surface area contributed by atoms with Crippen LogP contribution in [0.2, 0.25) is 0 Å². The molecule has 0 aliphatic rings. The minimum atomic E-state index is -0.219. The molecule has 0 saturated heterocycles. The molecule has 0 aliphatic heterocycles. The number of fused-ring (bicyclic) bond motifs is 1. The molecule has 0 bridgehead atoms. The molecule has 0 radical (unpaired) electrons. The summed E-state index contributed by atoms with van der Waals surface area (Å²) in [7, 11) is 0. The van der Waals surface area contributed by atoms with Crippen LogP contribution in [-0.4, -0.2) is 10.9 Å². The van der Waals surface area contributed by atoms with E-state index in [9.17, 15) is 4.79 Å². The number of nitriles is 1. The van der Waals surface area contributed by atoms with Gasteiger partial charge in [0.05, 0.1) is 5.56 Å². The van der Waals surface area contributed by atoms with E-state index in [4.69, 9.17) is 5.26 Å². The largest absolute Gasteiger partial charge is 0.307 e. The Bertz CT molecular complexity index is 843. The summed E-state index contributed by atoms with van der Waals surface area (Å²) in [5.74, 6) is 0.205. The fraction of sp³-hybridized carbons (Fsp3) is 0. The quantitative estimate of drug-likeness (QED) is 0.778. The lowest BCUT2D eigenvalue weighted by Gasteiger charge is -2.07. The van der Waals surface area contributed by atoms with Gasteiger partial charge in [0.15, 0.2) is 0 Å². The van der Waals surface area contributed by atoms with Crippen LogP contribution in [0.4, 0.5) is 5.82 Å². The average Bonchev–Trinajstić information content (AvgIpc) is 2.55. The summed E-state index contributed by atoms with van der Waals surface area (Å²) in [5.41, 5.74) is 1.05. The normalized spacial score (nSPS) is 10.0. The highest BCUT2D eigenvalue weighted by Gasteiger charge is 2.10. The lowest BCUT2D eigenvalue weighted by Crippen LogP contribution is -2.13. The number of nitrogens with zero attached hydrogens (tertiary/aromatic N) is 2. The number of carbonyl (C=O) groups is 1. The first-order valence-corrected chi connectivity index (χ1v) is 6.43. The highest BCUT2D eigenvalue weighted by Crippen LogP contribution is 2.19. The van der Waals surface area contributed by atoms with Crippen molar-refractivity contribution in [2.45, 2.75) is 0 Å². The highest BCUT2D eigenvalue weighted by molar-refractivity contribution is 6.12. The first kappa shape index (κ1) is 12.8. The molecule has 4 heteroatoms. The first-order chi connectivity index (χ1) is 10.3. The molecule has 0 aliphatic carbocycles. The smallest absolute Gasteiger partial charge is 0.257 e. The van der Waals surface area contributed by atoms with Crippen LogP contribution in [0.3, 0.4) is 0 Å². The zero-order valence-electron chi connectivity index (χ0n) is 11.1. The van der Waals surface area contributed by atoms with Crippen molar-refractivity contribution in [1.82, 2.24) is 4.98 Å². The molecular weight excluding hydrogens is 262 g/mol. The summed E-state index contributed by atoms with van der Waals surface area (Å²) in [4.78, 5) is 16.4. The monoisotopic (exact) mass is 273 g/mol. The minimum Gasteiger partial charge on any atom is -0.307 e. The molecule has 1 N–H and O–H groups in total. The van der Waals surface area contributed by atoms with Crippen molar-refractivity contribution >= 4 is 22.5 Å². The van der Waals surface area contributed by atoms with E-state index >= 15 is 0 Å². The molecule has 3 aromatic rings. The van der Waals surface area contributed by atoms with Gasteiger partial charge in [-0.3, -0.25) is 4.79 Å². The Labute approximate surface area is 121 Å². The average molecular weight is 273 g/mol. The van der Waals surface area contributed by atoms with E-state index in [-0.39, 0.29) is 5.91 Å². The van der Waals surface area contributed by atoms with Gasteiger partial charge in [-0.25, -0.2) is 4.98 Å². The molecule has 0 unspecified atom stereocenters. The third-order valence-corrected chi connectivity index (χ3v) is 3.17. The Morgan fingerprint density at radius 3 is 2.62 bits per heavy atom. The van der Waals surface area contributed by atoms with Crippen molar-refractivity contribution in [2.75, 3.05) is 5.32 Å². The Morgan fingerprint density at radius 2 is 1.86 bits per heavy atom. The molecule has 1 amide bonds. The van der Waals surface area contributed by atoms with Crippen molar-refractivity contribution in [1.29, 1.82) is 5.26 Å². The molecule has 3 rings (SSSR count). The second-order valence-corrected chi connectivity index (χ2v) is 4.52. The van der Waals surface area contributed by atoms with Gasteiger partial charge in [0.25, 0.3) is 5.91 Å². The number of hydrogen-bond donors (Lipinski definition) is 1. The molecule has 100 valence electrons. The summed E-state index contributed by atoms with van der Waals surface area (Å²) < 4.78 is 0. The van der Waals surface area contributed by atoms with Crippen LogP contribution in [0.5, 0.6) is 0 Å². The summed E-state index contributed by atoms with van der Waals surface area (Å²) in [6.07, 6.45) is 1.43. The van der Waals surface area contributed by atoms with E-state index < -0.39 is 0 Å². The molecule has 0 atom stereocenters. The maximum absolute atomic E-state index is 12.4. The van der Waals surface area contributed by atoms with E-state index in [1.54, 1.807) is 18.2 Å². The number of anilines is 1. The van der Waals surface area contributed by atoms with Crippen LogP contribution < -0.4 is 5.32 Å². The molecule has 1 aromatic heterocycles. The van der Waals surface area contributed by atoms with Crippen LogP contribution in [-0.2, 0) is 0 Å². The third-order valence-electron chi connectivity index (χ3n) is 3.17. The van der Waals surface area contributed by atoms with Gasteiger partial charge in [0, 0.05) is 11.8 Å². The van der Waals surface area contributed by atoms with Gasteiger partial charge in [0.2, 0.25) is 0 Å². The second kappa shape index (κ2) is 5.43. The molecule has 0 spiro atoms. The molecule has 0 fully saturated rings. The van der Waals surface area contributed by atoms with Crippen molar-refractivity contribution in [3.8, 4) is 6.07 Å². The van der Waals surface area contributed by atoms with Crippen LogP contribution in [0.15, 0.2) is 60.8 Å². The Kier molecular flexibility index (Phi) is 3.32. The van der Waals surface area contributed by atoms with Crippen LogP contribution in [0.25, 0.3) is 10.8 Å². The van der Waals surface area contributed by atoms with Crippen molar-refractivity contribution in [2.24, 2.45) is 0 Å². The standard InChI is InChI=1S/C17H11N3O/c18-10-12-8-9-16(19-11-12)20-17(21)15-7-3-5-13-4-1-2-6-14(13)15/h1-9,11H,(H,19,20,21). The summed E-state index contributed by atoms with van der Waals surface area (Å²) >= 11 is 0. The fourth-order valence-electron chi connectivity index (χ4n) is 2.14. The van der Waals surface area contributed by atoms with Gasteiger partial charge < -0.3 is 5.32 Å². The fourth-order valence-corrected chi connectivity index (χ4v) is 2.14. The minimum absolute atomic E-state index is 0.219. The van der Waals surface area contributed by atoms with Crippen LogP contribution in [0.1, 0.15) is 15.9 Å². The Morgan fingerprint density at radius 1 is 1.05 bits per heavy atom. The SMILES string of the molecule is N#Cc1ccc(NC(=O)c2cccc3ccccc23)nc1. The highest BCUT2D eigenvalue weighted by atomic mass is 16.1. The lowest BCUT2D eigenvalue weighted by atomic mass is 10.0. The summed E-state index contributed by atoms with van der Waals surface area (Å²) in [6, 6.07) is 18.5. The Hall–Kier alpha value is -3.19. The molecule has 1 heterocycles. The maximum atomic E-state index is 12.4. The molecule has 4 nitrogen and oxygen atoms in total. The van der Waals surface area contributed by atoms with E-state index in [1.807, 2.05) is 42.5 Å². The molecule has 21 heavy (non-hydrogen) atoms. The van der Waals surface area contributed by atoms with E-state index in [0.29, 0.717) is 16.9 Å². The zero-order chi connectivity index (χ0) is 14.7.